The van der Waals surface area contributed by atoms with E-state index in [9.17, 15) is 18.0 Å². The Morgan fingerprint density at radius 2 is 1.69 bits per heavy atom. The number of alkyl halides is 3. The van der Waals surface area contributed by atoms with Crippen LogP contribution in [0.3, 0.4) is 0 Å². The van der Waals surface area contributed by atoms with Crippen molar-refractivity contribution in [2.24, 2.45) is 0 Å². The average molecular weight is 438 g/mol. The molecule has 0 N–H and O–H groups in total. The molecule has 0 aliphatic rings. The summed E-state index contributed by atoms with van der Waals surface area (Å²) in [6.07, 6.45) is -1.96. The molecule has 0 amide bonds. The highest BCUT2D eigenvalue weighted by atomic mass is 19.4. The number of hydrogen-bond acceptors (Lipinski definition) is 5. The third kappa shape index (κ3) is 3.75. The number of methoxy groups -OCH3 is 2. The van der Waals surface area contributed by atoms with Crippen molar-refractivity contribution in [1.29, 1.82) is 0 Å². The molecule has 162 valence electrons. The van der Waals surface area contributed by atoms with Crippen LogP contribution in [0.25, 0.3) is 22.0 Å². The number of nitrogens with zero attached hydrogens (tertiary/aromatic N) is 2. The molecule has 32 heavy (non-hydrogen) atoms. The molecule has 0 aliphatic carbocycles. The topological polar surface area (TPSA) is 61.3 Å². The highest BCUT2D eigenvalue weighted by Gasteiger charge is 2.34. The number of para-hydroxylation sites is 1. The van der Waals surface area contributed by atoms with E-state index < -0.39 is 17.5 Å². The molecule has 8 heteroatoms. The van der Waals surface area contributed by atoms with Gasteiger partial charge in [-0.2, -0.15) is 13.2 Å². The molecule has 0 unspecified atom stereocenters. The van der Waals surface area contributed by atoms with Crippen LogP contribution in [-0.4, -0.2) is 30.0 Å². The van der Waals surface area contributed by atoms with Crippen molar-refractivity contribution in [1.82, 2.24) is 9.97 Å². The van der Waals surface area contributed by atoms with Crippen LogP contribution >= 0.6 is 0 Å². The van der Waals surface area contributed by atoms with E-state index in [1.54, 1.807) is 30.3 Å². The molecule has 0 saturated heterocycles. The summed E-state index contributed by atoms with van der Waals surface area (Å²) in [5.74, 6) is 0.364. The Bertz CT molecular complexity index is 1310. The van der Waals surface area contributed by atoms with Crippen molar-refractivity contribution in [3.05, 3.63) is 83.8 Å². The van der Waals surface area contributed by atoms with E-state index >= 15 is 0 Å². The number of aromatic nitrogens is 2. The van der Waals surface area contributed by atoms with Gasteiger partial charge in [-0.15, -0.1) is 0 Å². The third-order valence-corrected chi connectivity index (χ3v) is 5.02. The molecule has 2 aromatic heterocycles. The SMILES string of the molecule is COc1ccc(-c2c(C(=O)c3ccccn3)cnc3c(C(F)(F)F)cccc23)cc1OC. The zero-order valence-electron chi connectivity index (χ0n) is 17.1. The number of carbonyl (C=O) groups excluding carboxylic acids is 1. The first-order valence-electron chi connectivity index (χ1n) is 9.52. The second-order valence-electron chi connectivity index (χ2n) is 6.86. The predicted molar refractivity (Wildman–Crippen MR) is 113 cm³/mol. The normalized spacial score (nSPS) is 11.4. The Labute approximate surface area is 181 Å². The lowest BCUT2D eigenvalue weighted by Gasteiger charge is -2.16. The van der Waals surface area contributed by atoms with Gasteiger partial charge < -0.3 is 9.47 Å². The lowest BCUT2D eigenvalue weighted by molar-refractivity contribution is -0.136. The Balaban J connectivity index is 2.06. The van der Waals surface area contributed by atoms with Crippen molar-refractivity contribution in [3.8, 4) is 22.6 Å². The first kappa shape index (κ1) is 21.3. The molecule has 4 aromatic rings. The molecule has 0 fully saturated rings. The molecule has 5 nitrogen and oxygen atoms in total. The van der Waals surface area contributed by atoms with E-state index in [4.69, 9.17) is 9.47 Å². The van der Waals surface area contributed by atoms with Gasteiger partial charge in [0.25, 0.3) is 0 Å². The molecule has 0 bridgehead atoms. The number of hydrogen-bond donors (Lipinski definition) is 0. The minimum atomic E-state index is -4.60. The molecule has 0 spiro atoms. The summed E-state index contributed by atoms with van der Waals surface area (Å²) >= 11 is 0. The molecule has 4 rings (SSSR count). The fraction of sp³-hybridized carbons (Fsp3) is 0.125. The standard InChI is InChI=1S/C24H17F3N2O3/c1-31-19-10-9-14(12-20(19)32-2)21-15-6-5-7-17(24(25,26)27)22(15)29-13-16(21)23(30)18-8-3-4-11-28-18/h3-13H,1-2H3. The van der Waals surface area contributed by atoms with Gasteiger partial charge >= 0.3 is 6.18 Å². The number of benzene rings is 2. The fourth-order valence-corrected chi connectivity index (χ4v) is 3.56. The Kier molecular flexibility index (Phi) is 5.52. The molecule has 2 heterocycles. The summed E-state index contributed by atoms with van der Waals surface area (Å²) in [4.78, 5) is 21.4. The third-order valence-electron chi connectivity index (χ3n) is 5.02. The summed E-state index contributed by atoms with van der Waals surface area (Å²) in [6, 6.07) is 13.5. The lowest BCUT2D eigenvalue weighted by atomic mass is 9.92. The Hall–Kier alpha value is -3.94. The van der Waals surface area contributed by atoms with Crippen molar-refractivity contribution < 1.29 is 27.4 Å². The summed E-state index contributed by atoms with van der Waals surface area (Å²) < 4.78 is 51.5. The van der Waals surface area contributed by atoms with Gasteiger partial charge in [0, 0.05) is 23.3 Å². The Morgan fingerprint density at radius 1 is 0.906 bits per heavy atom. The fourth-order valence-electron chi connectivity index (χ4n) is 3.56. The number of pyridine rings is 2. The van der Waals surface area contributed by atoms with E-state index in [-0.39, 0.29) is 22.2 Å². The van der Waals surface area contributed by atoms with Crippen molar-refractivity contribution in [3.63, 3.8) is 0 Å². The van der Waals surface area contributed by atoms with Crippen LogP contribution in [0.1, 0.15) is 21.6 Å². The molecular weight excluding hydrogens is 421 g/mol. The van der Waals surface area contributed by atoms with Gasteiger partial charge in [-0.05, 0) is 35.9 Å². The van der Waals surface area contributed by atoms with E-state index in [1.807, 2.05) is 0 Å². The van der Waals surface area contributed by atoms with Gasteiger partial charge in [0.05, 0.1) is 30.9 Å². The first-order valence-corrected chi connectivity index (χ1v) is 9.52. The maximum atomic E-state index is 13.6. The minimum absolute atomic E-state index is 0.128. The van der Waals surface area contributed by atoms with Gasteiger partial charge in [-0.3, -0.25) is 14.8 Å². The van der Waals surface area contributed by atoms with Crippen molar-refractivity contribution in [2.75, 3.05) is 14.2 Å². The largest absolute Gasteiger partial charge is 0.493 e. The van der Waals surface area contributed by atoms with Gasteiger partial charge in [-0.25, -0.2) is 0 Å². The van der Waals surface area contributed by atoms with E-state index in [2.05, 4.69) is 9.97 Å². The number of fused-ring (bicyclic) bond motifs is 1. The zero-order valence-corrected chi connectivity index (χ0v) is 17.1. The van der Waals surface area contributed by atoms with Crippen LogP contribution in [0.15, 0.2) is 67.0 Å². The maximum Gasteiger partial charge on any atom is 0.418 e. The van der Waals surface area contributed by atoms with Crippen LogP contribution in [-0.2, 0) is 6.18 Å². The molecule has 0 atom stereocenters. The summed E-state index contributed by atoms with van der Waals surface area (Å²) in [5, 5.41) is 0.189. The lowest BCUT2D eigenvalue weighted by Crippen LogP contribution is -2.10. The van der Waals surface area contributed by atoms with E-state index in [1.165, 1.54) is 44.8 Å². The summed E-state index contributed by atoms with van der Waals surface area (Å²) in [7, 11) is 2.93. The highest BCUT2D eigenvalue weighted by Crippen LogP contribution is 2.41. The van der Waals surface area contributed by atoms with Gasteiger partial charge in [0.15, 0.2) is 11.5 Å². The van der Waals surface area contributed by atoms with E-state index in [0.29, 0.717) is 22.6 Å². The summed E-state index contributed by atoms with van der Waals surface area (Å²) in [5.41, 5.74) is -0.0626. The molecule has 0 radical (unpaired) electrons. The van der Waals surface area contributed by atoms with Gasteiger partial charge in [-0.1, -0.05) is 24.3 Å². The molecule has 0 saturated carbocycles. The van der Waals surface area contributed by atoms with Crippen LogP contribution in [0.4, 0.5) is 13.2 Å². The van der Waals surface area contributed by atoms with Crippen molar-refractivity contribution >= 4 is 16.7 Å². The smallest absolute Gasteiger partial charge is 0.418 e. The summed E-state index contributed by atoms with van der Waals surface area (Å²) in [6.45, 7) is 0. The van der Waals surface area contributed by atoms with E-state index in [0.717, 1.165) is 6.07 Å². The van der Waals surface area contributed by atoms with Crippen LogP contribution < -0.4 is 9.47 Å². The van der Waals surface area contributed by atoms with Crippen LogP contribution in [0.5, 0.6) is 11.5 Å². The van der Waals surface area contributed by atoms with Crippen molar-refractivity contribution in [2.45, 2.75) is 6.18 Å². The molecule has 2 aromatic carbocycles. The van der Waals surface area contributed by atoms with Crippen LogP contribution in [0, 0.1) is 0 Å². The number of rotatable bonds is 5. The quantitative estimate of drug-likeness (QED) is 0.382. The highest BCUT2D eigenvalue weighted by molar-refractivity contribution is 6.16. The number of ether oxygens (including phenoxy) is 2. The van der Waals surface area contributed by atoms with Crippen LogP contribution in [0.2, 0.25) is 0 Å². The first-order chi connectivity index (χ1) is 15.3. The number of ketones is 1. The predicted octanol–water partition coefficient (Wildman–Crippen LogP) is 5.56. The monoisotopic (exact) mass is 438 g/mol. The second kappa shape index (κ2) is 8.30. The average Bonchev–Trinajstić information content (AvgIpc) is 2.81. The minimum Gasteiger partial charge on any atom is -0.493 e. The molecular formula is C24H17F3N2O3. The molecule has 0 aliphatic heterocycles. The number of halogens is 3. The Morgan fingerprint density at radius 3 is 2.34 bits per heavy atom. The second-order valence-corrected chi connectivity index (χ2v) is 6.86. The van der Waals surface area contributed by atoms with Gasteiger partial charge in [0.2, 0.25) is 5.78 Å². The van der Waals surface area contributed by atoms with Gasteiger partial charge in [0.1, 0.15) is 5.69 Å². The number of carbonyl (C=O) groups is 1. The zero-order chi connectivity index (χ0) is 22.9. The maximum absolute atomic E-state index is 13.6.